The van der Waals surface area contributed by atoms with E-state index in [0.29, 0.717) is 0 Å². The van der Waals surface area contributed by atoms with Crippen LogP contribution in [0.2, 0.25) is 0 Å². The summed E-state index contributed by atoms with van der Waals surface area (Å²) in [4.78, 5) is 2.44. The van der Waals surface area contributed by atoms with Crippen molar-refractivity contribution in [3.8, 4) is 0 Å². The molecule has 0 aliphatic carbocycles. The maximum absolute atomic E-state index is 13.7. The molecule has 1 heterocycles. The van der Waals surface area contributed by atoms with Gasteiger partial charge in [0.15, 0.2) is 0 Å². The Morgan fingerprint density at radius 3 is 2.59 bits per heavy atom. The maximum Gasteiger partial charge on any atom is 0.123 e. The number of rotatable bonds is 3. The van der Waals surface area contributed by atoms with Gasteiger partial charge in [-0.25, -0.2) is 4.39 Å². The fraction of sp³-hybridized carbons (Fsp3) is 0.333. The molecule has 0 bridgehead atoms. The molecule has 1 unspecified atom stereocenters. The maximum atomic E-state index is 13.7. The molecule has 0 saturated carbocycles. The molecular weight excluding hydrogens is 343 g/mol. The second kappa shape index (κ2) is 7.36. The van der Waals surface area contributed by atoms with Crippen LogP contribution in [0.15, 0.2) is 53.0 Å². The van der Waals surface area contributed by atoms with Gasteiger partial charge in [0, 0.05) is 24.1 Å². The van der Waals surface area contributed by atoms with Gasteiger partial charge in [0.1, 0.15) is 5.82 Å². The summed E-state index contributed by atoms with van der Waals surface area (Å²) in [5.74, 6) is -0.174. The Morgan fingerprint density at radius 2 is 1.82 bits per heavy atom. The summed E-state index contributed by atoms with van der Waals surface area (Å²) in [5.41, 5.74) is 2.22. The minimum Gasteiger partial charge on any atom is -0.315 e. The molecule has 2 aromatic carbocycles. The van der Waals surface area contributed by atoms with Gasteiger partial charge in [-0.05, 0) is 48.4 Å². The van der Waals surface area contributed by atoms with Crippen molar-refractivity contribution in [2.75, 3.05) is 26.2 Å². The third-order valence-electron chi connectivity index (χ3n) is 4.09. The van der Waals surface area contributed by atoms with Crippen molar-refractivity contribution in [3.05, 3.63) is 69.9 Å². The van der Waals surface area contributed by atoms with Gasteiger partial charge in [-0.15, -0.1) is 0 Å². The van der Waals surface area contributed by atoms with E-state index in [2.05, 4.69) is 50.4 Å². The monoisotopic (exact) mass is 362 g/mol. The van der Waals surface area contributed by atoms with E-state index in [1.165, 1.54) is 11.6 Å². The molecule has 1 N–H and O–H groups in total. The fourth-order valence-electron chi connectivity index (χ4n) is 3.06. The molecule has 0 radical (unpaired) electrons. The third kappa shape index (κ3) is 3.75. The predicted octanol–water partition coefficient (Wildman–Crippen LogP) is 3.97. The lowest BCUT2D eigenvalue weighted by molar-refractivity contribution is 0.240. The van der Waals surface area contributed by atoms with E-state index in [4.69, 9.17) is 0 Å². The highest BCUT2D eigenvalue weighted by Gasteiger charge is 2.23. The Labute approximate surface area is 139 Å². The molecule has 1 aliphatic rings. The minimum absolute atomic E-state index is 0.101. The Morgan fingerprint density at radius 1 is 1.00 bits per heavy atom. The first-order chi connectivity index (χ1) is 10.7. The molecule has 0 aromatic heterocycles. The number of hydrogen-bond donors (Lipinski definition) is 1. The summed E-state index contributed by atoms with van der Waals surface area (Å²) in [6.07, 6.45) is 1.11. The smallest absolute Gasteiger partial charge is 0.123 e. The lowest BCUT2D eigenvalue weighted by Crippen LogP contribution is -2.33. The lowest BCUT2D eigenvalue weighted by atomic mass is 9.96. The average molecular weight is 363 g/mol. The van der Waals surface area contributed by atoms with Crippen LogP contribution in [-0.2, 0) is 0 Å². The van der Waals surface area contributed by atoms with Crippen LogP contribution in [0.4, 0.5) is 4.39 Å². The van der Waals surface area contributed by atoms with Gasteiger partial charge in [-0.2, -0.15) is 0 Å². The zero-order valence-electron chi connectivity index (χ0n) is 12.4. The predicted molar refractivity (Wildman–Crippen MR) is 91.4 cm³/mol. The highest BCUT2D eigenvalue weighted by atomic mass is 79.9. The summed E-state index contributed by atoms with van der Waals surface area (Å²) in [7, 11) is 0. The van der Waals surface area contributed by atoms with Crippen LogP contribution in [0.3, 0.4) is 0 Å². The van der Waals surface area contributed by atoms with Gasteiger partial charge in [-0.1, -0.05) is 40.2 Å². The van der Waals surface area contributed by atoms with Crippen LogP contribution in [0.1, 0.15) is 23.6 Å². The minimum atomic E-state index is -0.174. The zero-order chi connectivity index (χ0) is 15.4. The van der Waals surface area contributed by atoms with Crippen molar-refractivity contribution in [3.63, 3.8) is 0 Å². The van der Waals surface area contributed by atoms with Gasteiger partial charge in [-0.3, -0.25) is 4.90 Å². The second-order valence-electron chi connectivity index (χ2n) is 5.65. The summed E-state index contributed by atoms with van der Waals surface area (Å²) < 4.78 is 14.8. The van der Waals surface area contributed by atoms with Crippen molar-refractivity contribution in [2.24, 2.45) is 0 Å². The van der Waals surface area contributed by atoms with E-state index in [0.717, 1.165) is 42.6 Å². The van der Waals surface area contributed by atoms with Crippen LogP contribution < -0.4 is 5.32 Å². The molecule has 116 valence electrons. The summed E-state index contributed by atoms with van der Waals surface area (Å²) in [6, 6.07) is 15.4. The van der Waals surface area contributed by atoms with Crippen LogP contribution in [0, 0.1) is 5.82 Å². The molecule has 1 saturated heterocycles. The molecule has 22 heavy (non-hydrogen) atoms. The molecule has 0 spiro atoms. The highest BCUT2D eigenvalue weighted by Crippen LogP contribution is 2.30. The Kier molecular flexibility index (Phi) is 5.24. The summed E-state index contributed by atoms with van der Waals surface area (Å²) in [5, 5.41) is 3.43. The highest BCUT2D eigenvalue weighted by molar-refractivity contribution is 9.10. The fourth-order valence-corrected chi connectivity index (χ4v) is 3.32. The SMILES string of the molecule is Fc1cccc(C(c2ccc(Br)cc2)N2CCCNCC2)c1. The molecule has 2 nitrogen and oxygen atoms in total. The standard InChI is InChI=1S/C18H20BrFN2/c19-16-7-5-14(6-8-16)18(15-3-1-4-17(20)13-15)22-11-2-9-21-10-12-22/h1,3-8,13,18,21H,2,9-12H2. The first-order valence-corrected chi connectivity index (χ1v) is 8.49. The van der Waals surface area contributed by atoms with Crippen molar-refractivity contribution in [1.82, 2.24) is 10.2 Å². The largest absolute Gasteiger partial charge is 0.315 e. The normalized spacial score (nSPS) is 17.9. The van der Waals surface area contributed by atoms with Gasteiger partial charge < -0.3 is 5.32 Å². The van der Waals surface area contributed by atoms with Crippen LogP contribution in [0.25, 0.3) is 0 Å². The molecule has 1 aliphatic heterocycles. The number of benzene rings is 2. The molecule has 4 heteroatoms. The summed E-state index contributed by atoms with van der Waals surface area (Å²) in [6.45, 7) is 4.01. The zero-order valence-corrected chi connectivity index (χ0v) is 14.0. The Balaban J connectivity index is 1.99. The Bertz CT molecular complexity index is 607. The molecular formula is C18H20BrFN2. The molecule has 2 aromatic rings. The first-order valence-electron chi connectivity index (χ1n) is 7.70. The van der Waals surface area contributed by atoms with Crippen LogP contribution in [0.5, 0.6) is 0 Å². The van der Waals surface area contributed by atoms with E-state index < -0.39 is 0 Å². The Hall–Kier alpha value is -1.23. The number of halogens is 2. The second-order valence-corrected chi connectivity index (χ2v) is 6.56. The molecule has 1 atom stereocenters. The first kappa shape index (κ1) is 15.7. The van der Waals surface area contributed by atoms with E-state index in [9.17, 15) is 4.39 Å². The van der Waals surface area contributed by atoms with Crippen molar-refractivity contribution >= 4 is 15.9 Å². The van der Waals surface area contributed by atoms with E-state index in [1.807, 2.05) is 6.07 Å². The third-order valence-corrected chi connectivity index (χ3v) is 4.62. The van der Waals surface area contributed by atoms with Crippen LogP contribution >= 0.6 is 15.9 Å². The molecule has 1 fully saturated rings. The van der Waals surface area contributed by atoms with E-state index in [1.54, 1.807) is 12.1 Å². The molecule has 0 amide bonds. The van der Waals surface area contributed by atoms with Crippen molar-refractivity contribution in [1.29, 1.82) is 0 Å². The van der Waals surface area contributed by atoms with E-state index in [-0.39, 0.29) is 11.9 Å². The number of nitrogens with one attached hydrogen (secondary N) is 1. The average Bonchev–Trinajstić information content (AvgIpc) is 2.79. The van der Waals surface area contributed by atoms with Crippen molar-refractivity contribution in [2.45, 2.75) is 12.5 Å². The van der Waals surface area contributed by atoms with Crippen LogP contribution in [-0.4, -0.2) is 31.1 Å². The van der Waals surface area contributed by atoms with Crippen molar-refractivity contribution < 1.29 is 4.39 Å². The van der Waals surface area contributed by atoms with Gasteiger partial charge >= 0.3 is 0 Å². The number of nitrogens with zero attached hydrogens (tertiary/aromatic N) is 1. The lowest BCUT2D eigenvalue weighted by Gasteiger charge is -2.31. The topological polar surface area (TPSA) is 15.3 Å². The summed E-state index contributed by atoms with van der Waals surface area (Å²) >= 11 is 3.49. The number of hydrogen-bond acceptors (Lipinski definition) is 2. The van der Waals surface area contributed by atoms with E-state index >= 15 is 0 Å². The van der Waals surface area contributed by atoms with Gasteiger partial charge in [0.25, 0.3) is 0 Å². The molecule has 3 rings (SSSR count). The quantitative estimate of drug-likeness (QED) is 0.888. The van der Waals surface area contributed by atoms with Gasteiger partial charge in [0.05, 0.1) is 6.04 Å². The van der Waals surface area contributed by atoms with Gasteiger partial charge in [0.2, 0.25) is 0 Å².